The Balaban J connectivity index is 0.999. The Morgan fingerprint density at radius 2 is 0.865 bits per heavy atom. The fourth-order valence-corrected chi connectivity index (χ4v) is 16.8. The topological polar surface area (TPSA) is 162 Å². The molecule has 484 valence electrons. The lowest BCUT2D eigenvalue weighted by Crippen LogP contribution is -2.54. The van der Waals surface area contributed by atoms with Gasteiger partial charge in [0.2, 0.25) is 0 Å². The van der Waals surface area contributed by atoms with Gasteiger partial charge in [0.25, 0.3) is 0 Å². The van der Waals surface area contributed by atoms with E-state index < -0.39 is 66.1 Å². The van der Waals surface area contributed by atoms with Crippen LogP contribution in [0.4, 0.5) is 0 Å². The molecule has 0 amide bonds. The smallest absolute Gasteiger partial charge is 0.192 e. The lowest BCUT2D eigenvalue weighted by molar-refractivity contribution is -0.0470. The molecule has 8 aromatic rings. The summed E-state index contributed by atoms with van der Waals surface area (Å²) in [4.78, 5) is 30.2. The van der Waals surface area contributed by atoms with E-state index in [9.17, 15) is 0 Å². The largest absolute Gasteiger partial charge is 0.414 e. The highest BCUT2D eigenvalue weighted by Gasteiger charge is 2.56. The first kappa shape index (κ1) is 67.3. The average Bonchev–Trinajstić information content (AvgIpc) is 1.62. The molecule has 2 aromatic carbocycles. The highest BCUT2D eigenvalue weighted by molar-refractivity contribution is 6.76. The second-order valence-corrected chi connectivity index (χ2v) is 56.9. The van der Waals surface area contributed by atoms with Crippen molar-refractivity contribution in [2.45, 2.75) is 250 Å². The van der Waals surface area contributed by atoms with Crippen LogP contribution < -0.4 is 0 Å². The molecule has 8 heterocycles. The van der Waals surface area contributed by atoms with Gasteiger partial charge in [-0.2, -0.15) is 0 Å². The number of rotatable bonds is 18. The van der Waals surface area contributed by atoms with Crippen LogP contribution in [0.3, 0.4) is 0 Å². The van der Waals surface area contributed by atoms with Gasteiger partial charge in [-0.25, -0.2) is 29.9 Å². The summed E-state index contributed by atoms with van der Waals surface area (Å²) in [5.74, 6) is 1.36. The van der Waals surface area contributed by atoms with Crippen LogP contribution in [0.15, 0.2) is 86.2 Å². The predicted molar refractivity (Wildman–Crippen MR) is 372 cm³/mol. The number of benzene rings is 2. The van der Waals surface area contributed by atoms with E-state index in [2.05, 4.69) is 249 Å². The Bertz CT molecular complexity index is 3850. The fraction of sp³-hybridized carbons (Fsp3) is 0.612. The molecule has 2 fully saturated rings. The Hall–Kier alpha value is -4.58. The van der Waals surface area contributed by atoms with Gasteiger partial charge in [-0.05, 0) is 114 Å². The number of nitrogens with zero attached hydrogens (tertiary/aromatic N) is 10. The predicted octanol–water partition coefficient (Wildman–Crippen LogP) is 16.8. The number of para-hydroxylation sites is 2. The number of ether oxygens (including phenoxy) is 2. The minimum absolute atomic E-state index is 0.00796. The van der Waals surface area contributed by atoms with Gasteiger partial charge in [-0.15, -0.1) is 0 Å². The first-order valence-electron chi connectivity index (χ1n) is 32.2. The maximum absolute atomic E-state index is 7.58. The highest BCUT2D eigenvalue weighted by Crippen LogP contribution is 2.49. The molecule has 6 aromatic heterocycles. The van der Waals surface area contributed by atoms with Crippen LogP contribution in [-0.4, -0.2) is 133 Å². The number of fused-ring (bicyclic) bond motifs is 4. The summed E-state index contributed by atoms with van der Waals surface area (Å²) in [6.45, 7) is 58.2. The summed E-state index contributed by atoms with van der Waals surface area (Å²) in [7, 11) is -11.3. The van der Waals surface area contributed by atoms with Crippen molar-refractivity contribution in [2.24, 2.45) is 0 Å². The Morgan fingerprint density at radius 3 is 1.33 bits per heavy atom. The van der Waals surface area contributed by atoms with Gasteiger partial charge in [-0.1, -0.05) is 140 Å². The van der Waals surface area contributed by atoms with Gasteiger partial charge in [0, 0.05) is 36.0 Å². The minimum Gasteiger partial charge on any atom is -0.414 e. The monoisotopic (exact) mass is 1300 g/mol. The van der Waals surface area contributed by atoms with Gasteiger partial charge in [0.1, 0.15) is 43.3 Å². The van der Waals surface area contributed by atoms with E-state index >= 15 is 0 Å². The molecule has 0 bridgehead atoms. The zero-order valence-corrected chi connectivity index (χ0v) is 63.3. The first-order chi connectivity index (χ1) is 41.0. The van der Waals surface area contributed by atoms with Crippen molar-refractivity contribution in [3.05, 3.63) is 97.4 Å². The molecule has 0 aliphatic carbocycles. The number of hydrogen-bond donors (Lipinski definition) is 0. The van der Waals surface area contributed by atoms with Crippen molar-refractivity contribution >= 4 is 85.7 Å². The molecule has 17 nitrogen and oxygen atoms in total. The molecule has 0 N–H and O–H groups in total. The molecule has 0 saturated carbocycles. The molecule has 2 aliphatic heterocycles. The third-order valence-electron chi connectivity index (χ3n) is 21.7. The molecule has 22 heteroatoms. The third-order valence-corrected chi connectivity index (χ3v) is 44.2. The van der Waals surface area contributed by atoms with Gasteiger partial charge < -0.3 is 31.6 Å². The van der Waals surface area contributed by atoms with E-state index in [4.69, 9.17) is 61.5 Å². The minimum atomic E-state index is -2.45. The van der Waals surface area contributed by atoms with Gasteiger partial charge in [0.15, 0.2) is 81.8 Å². The third kappa shape index (κ3) is 12.9. The molecule has 2 saturated heterocycles. The van der Waals surface area contributed by atoms with Crippen LogP contribution in [-0.2, 0) is 38.0 Å². The summed E-state index contributed by atoms with van der Waals surface area (Å²) in [5, 5.41) is 2.17. The zero-order chi connectivity index (χ0) is 65.2. The molecule has 89 heavy (non-hydrogen) atoms. The standard InChI is InChI=1S/C67H104N10O7Si5/c1-63(2,3)85(16,17)78-38-51-50(82-87(20,21)65(7,8)9)35-53(80-51)76-42-72-54-58(68-40-70-60(54)76)74-36-44(46-30-26-28-32-48(46)74)34-45-37-75(49-33-29-27-31-47(45)49)59-55-61(71-41-69-59)77(43-73-55)62-57(84-89(24,25)67(13,14)15)56(83-88(22,23)66(10,11)12)52(81-62)39-79-86(18,19)64(4,5)6/h26-33,36-37,40-43,50-53,56-57,62H,34-35,38-39H2,1-25H3/t50-,51+,52+,53+,56+,57+,62+/m0/s1. The lowest BCUT2D eigenvalue weighted by atomic mass is 10.0. The second-order valence-electron chi connectivity index (χ2n) is 33.0. The summed E-state index contributed by atoms with van der Waals surface area (Å²) >= 11 is 0. The van der Waals surface area contributed by atoms with Crippen LogP contribution in [0, 0.1) is 0 Å². The Morgan fingerprint density at radius 1 is 0.461 bits per heavy atom. The number of hydrogen-bond acceptors (Lipinski definition) is 13. The van der Waals surface area contributed by atoms with E-state index in [1.165, 1.54) is 0 Å². The fourth-order valence-electron chi connectivity index (χ4n) is 10.8. The van der Waals surface area contributed by atoms with Crippen LogP contribution in [0.25, 0.3) is 55.8 Å². The molecule has 0 spiro atoms. The maximum atomic E-state index is 7.58. The van der Waals surface area contributed by atoms with Crippen LogP contribution in [0.5, 0.6) is 0 Å². The normalized spacial score (nSPS) is 21.7. The van der Waals surface area contributed by atoms with Crippen LogP contribution >= 0.6 is 0 Å². The van der Waals surface area contributed by atoms with E-state index in [1.807, 2.05) is 12.7 Å². The van der Waals surface area contributed by atoms with E-state index in [0.717, 1.165) is 32.9 Å². The number of aromatic nitrogens is 10. The quantitative estimate of drug-likeness (QED) is 0.0747. The lowest BCUT2D eigenvalue weighted by Gasteiger charge is -2.44. The van der Waals surface area contributed by atoms with Gasteiger partial charge in [0.05, 0.1) is 43.0 Å². The molecule has 0 radical (unpaired) electrons. The molecule has 7 atom stereocenters. The summed E-state index contributed by atoms with van der Waals surface area (Å²) < 4.78 is 59.0. The molecule has 0 unspecified atom stereocenters. The molecular weight excluding hydrogens is 1200 g/mol. The van der Waals surface area contributed by atoms with E-state index in [-0.39, 0.29) is 43.6 Å². The van der Waals surface area contributed by atoms with Crippen molar-refractivity contribution in [1.29, 1.82) is 0 Å². The zero-order valence-electron chi connectivity index (χ0n) is 58.3. The van der Waals surface area contributed by atoms with E-state index in [1.54, 1.807) is 12.7 Å². The summed E-state index contributed by atoms with van der Waals surface area (Å²) in [6, 6.07) is 17.0. The van der Waals surface area contributed by atoms with E-state index in [0.29, 0.717) is 60.0 Å². The molecule has 2 aliphatic rings. The Kier molecular flexibility index (Phi) is 17.7. The van der Waals surface area contributed by atoms with Crippen LogP contribution in [0.2, 0.25) is 90.7 Å². The maximum Gasteiger partial charge on any atom is 0.192 e. The number of imidazole rings is 2. The average molecular weight is 1300 g/mol. The Labute approximate surface area is 535 Å². The van der Waals surface area contributed by atoms with Crippen molar-refractivity contribution in [2.75, 3.05) is 13.2 Å². The SMILES string of the molecule is CC(C)(C)[Si](C)(C)OC[C@H]1O[C@@H](n2cnc3c(-n4cc(Cc5cn(-c6ncnc7c6ncn7[C@H]6C[C@H](O[Si](C)(C)C(C)(C)C)[C@@H](CO[Si](C)(C)C(C)(C)C)O6)c6ccccc56)c5ccccc54)ncnc32)[C@H](O[Si](C)(C)C(C)(C)C)[C@@H]1O[Si](C)(C)C(C)(C)C. The van der Waals surface area contributed by atoms with Crippen molar-refractivity contribution in [1.82, 2.24) is 48.2 Å². The first-order valence-corrected chi connectivity index (χ1v) is 46.7. The van der Waals surface area contributed by atoms with Gasteiger partial charge >= 0.3 is 0 Å². The van der Waals surface area contributed by atoms with Crippen molar-refractivity contribution in [3.63, 3.8) is 0 Å². The highest BCUT2D eigenvalue weighted by atomic mass is 28.4. The second kappa shape index (κ2) is 23.5. The molecule has 10 rings (SSSR count). The van der Waals surface area contributed by atoms with Crippen LogP contribution in [0.1, 0.15) is 134 Å². The molecular formula is C67H104N10O7Si5. The van der Waals surface area contributed by atoms with Crippen molar-refractivity contribution in [3.8, 4) is 11.6 Å². The van der Waals surface area contributed by atoms with Crippen molar-refractivity contribution < 1.29 is 31.6 Å². The summed E-state index contributed by atoms with van der Waals surface area (Å²) in [5.41, 5.74) is 6.97. The summed E-state index contributed by atoms with van der Waals surface area (Å²) in [6.07, 6.45) is 10.0. The van der Waals surface area contributed by atoms with Gasteiger partial charge in [-0.3, -0.25) is 18.3 Å².